The van der Waals surface area contributed by atoms with Crippen molar-refractivity contribution in [2.24, 2.45) is 0 Å². The van der Waals surface area contributed by atoms with E-state index >= 15 is 0 Å². The van der Waals surface area contributed by atoms with Gasteiger partial charge in [0.1, 0.15) is 0 Å². The van der Waals surface area contributed by atoms with E-state index in [-0.39, 0.29) is 6.10 Å². The molecule has 0 amide bonds. The van der Waals surface area contributed by atoms with E-state index in [9.17, 15) is 10.2 Å². The molecule has 2 heterocycles. The molecular formula is C21H24N2O4. The van der Waals surface area contributed by atoms with Gasteiger partial charge in [-0.15, -0.1) is 0 Å². The second-order valence-corrected chi connectivity index (χ2v) is 7.67. The number of rotatable bonds is 4. The summed E-state index contributed by atoms with van der Waals surface area (Å²) >= 11 is 0. The number of fused-ring (bicyclic) bond motifs is 2. The first-order valence-electron chi connectivity index (χ1n) is 9.36. The van der Waals surface area contributed by atoms with E-state index in [0.717, 1.165) is 22.8 Å². The zero-order valence-corrected chi connectivity index (χ0v) is 15.6. The summed E-state index contributed by atoms with van der Waals surface area (Å²) < 4.78 is 12.6. The molecule has 1 aromatic heterocycles. The van der Waals surface area contributed by atoms with Crippen LogP contribution in [0.4, 0.5) is 0 Å². The predicted octanol–water partition coefficient (Wildman–Crippen LogP) is 2.73. The first kappa shape index (κ1) is 17.9. The molecule has 0 bridgehead atoms. The van der Waals surface area contributed by atoms with Crippen molar-refractivity contribution in [2.45, 2.75) is 57.5 Å². The van der Waals surface area contributed by atoms with Crippen LogP contribution in [0.25, 0.3) is 10.8 Å². The average molecular weight is 368 g/mol. The third-order valence-corrected chi connectivity index (χ3v) is 5.29. The number of benzene rings is 2. The summed E-state index contributed by atoms with van der Waals surface area (Å²) in [4.78, 5) is 0. The van der Waals surface area contributed by atoms with Crippen molar-refractivity contribution in [1.29, 1.82) is 0 Å². The van der Waals surface area contributed by atoms with Crippen LogP contribution in [0.1, 0.15) is 50.5 Å². The number of nitrogens with zero attached hydrogens (tertiary/aromatic N) is 2. The Morgan fingerprint density at radius 2 is 2.04 bits per heavy atom. The molecule has 0 aliphatic carbocycles. The van der Waals surface area contributed by atoms with Gasteiger partial charge >= 0.3 is 0 Å². The third kappa shape index (κ3) is 3.55. The number of hydrogen-bond acceptors (Lipinski definition) is 5. The topological polar surface area (TPSA) is 82.4 Å². The van der Waals surface area contributed by atoms with Crippen molar-refractivity contribution >= 4 is 10.8 Å². The molecule has 3 aromatic rings. The fraction of sp³-hybridized carbons (Fsp3) is 0.429. The summed E-state index contributed by atoms with van der Waals surface area (Å²) in [6.07, 6.45) is 1.41. The molecule has 6 nitrogen and oxygen atoms in total. The van der Waals surface area contributed by atoms with Gasteiger partial charge in [-0.25, -0.2) is 0 Å². The third-order valence-electron chi connectivity index (χ3n) is 5.29. The van der Waals surface area contributed by atoms with Crippen LogP contribution in [0.15, 0.2) is 47.0 Å². The summed E-state index contributed by atoms with van der Waals surface area (Å²) in [5.74, 6) is -0.447. The molecule has 2 unspecified atom stereocenters. The van der Waals surface area contributed by atoms with E-state index in [0.29, 0.717) is 25.1 Å². The molecule has 2 atom stereocenters. The molecule has 0 saturated heterocycles. The highest BCUT2D eigenvalue weighted by Gasteiger charge is 2.40. The van der Waals surface area contributed by atoms with E-state index < -0.39 is 17.7 Å². The Morgan fingerprint density at radius 3 is 2.85 bits per heavy atom. The zero-order chi connectivity index (χ0) is 19.0. The van der Waals surface area contributed by atoms with E-state index in [2.05, 4.69) is 17.4 Å². The van der Waals surface area contributed by atoms with Gasteiger partial charge in [-0.1, -0.05) is 41.1 Å². The van der Waals surface area contributed by atoms with Gasteiger partial charge in [0.25, 0.3) is 5.69 Å². The maximum absolute atomic E-state index is 11.9. The lowest BCUT2D eigenvalue weighted by molar-refractivity contribution is -0.770. The van der Waals surface area contributed by atoms with Crippen LogP contribution in [0, 0.1) is 0 Å². The van der Waals surface area contributed by atoms with Crippen LogP contribution in [0.5, 0.6) is 5.95 Å². The first-order chi connectivity index (χ1) is 12.9. The molecule has 0 fully saturated rings. The number of hydrogen-bond donors (Lipinski definition) is 1. The smallest absolute Gasteiger partial charge is 0.264 e. The molecule has 27 heavy (non-hydrogen) atoms. The number of aryl methyl sites for hydroxylation is 1. The van der Waals surface area contributed by atoms with Gasteiger partial charge in [0.05, 0.1) is 17.5 Å². The van der Waals surface area contributed by atoms with Crippen molar-refractivity contribution in [3.8, 4) is 5.95 Å². The maximum Gasteiger partial charge on any atom is 0.264 e. The Morgan fingerprint density at radius 1 is 1.26 bits per heavy atom. The van der Waals surface area contributed by atoms with Gasteiger partial charge in [-0.05, 0) is 49.1 Å². The number of aliphatic hydroxyl groups excluding tert-OH is 1. The standard InChI is InChI=1S/C21H24N2O4/c1-21(2)19-20(25)27-22-23(19)12-11-17(26-21)9-10-18(24)16-8-7-14-5-3-4-6-15(14)13-16/h3-8,13,17-18,24H,9-12H2,1-2H3. The lowest BCUT2D eigenvalue weighted by Crippen LogP contribution is -2.43. The Bertz CT molecular complexity index is 950. The fourth-order valence-corrected chi connectivity index (χ4v) is 3.91. The summed E-state index contributed by atoms with van der Waals surface area (Å²) in [6.45, 7) is 4.28. The second-order valence-electron chi connectivity index (χ2n) is 7.67. The maximum atomic E-state index is 11.9. The fourth-order valence-electron chi connectivity index (χ4n) is 3.91. The van der Waals surface area contributed by atoms with E-state index in [1.807, 2.05) is 44.2 Å². The molecule has 0 spiro atoms. The van der Waals surface area contributed by atoms with Crippen molar-refractivity contribution in [3.63, 3.8) is 0 Å². The molecule has 142 valence electrons. The van der Waals surface area contributed by atoms with Gasteiger partial charge in [-0.3, -0.25) is 0 Å². The van der Waals surface area contributed by atoms with Gasteiger partial charge in [0.2, 0.25) is 0 Å². The molecule has 4 rings (SSSR count). The Labute approximate surface area is 158 Å². The predicted molar refractivity (Wildman–Crippen MR) is 96.8 cm³/mol. The molecular weight excluding hydrogens is 344 g/mol. The zero-order valence-electron chi connectivity index (χ0n) is 15.6. The molecule has 6 heteroatoms. The minimum absolute atomic E-state index is 0.0591. The summed E-state index contributed by atoms with van der Waals surface area (Å²) in [5.41, 5.74) is 0.585. The second kappa shape index (κ2) is 6.94. The van der Waals surface area contributed by atoms with E-state index in [1.165, 1.54) is 0 Å². The van der Waals surface area contributed by atoms with Gasteiger partial charge < -0.3 is 19.5 Å². The van der Waals surface area contributed by atoms with Crippen LogP contribution in [-0.2, 0) is 16.9 Å². The minimum atomic E-state index is -0.772. The quantitative estimate of drug-likeness (QED) is 0.716. The largest absolute Gasteiger partial charge is 0.539 e. The molecule has 1 aliphatic heterocycles. The van der Waals surface area contributed by atoms with Crippen molar-refractivity contribution in [1.82, 2.24) is 5.27 Å². The SMILES string of the molecule is CC1(C)OC(CCC(O)c2ccc3ccccc3c2)CC[n+]2noc([O-])c21. The molecule has 1 aliphatic rings. The lowest BCUT2D eigenvalue weighted by Gasteiger charge is -2.26. The Balaban J connectivity index is 1.43. The number of aliphatic hydroxyl groups is 1. The van der Waals surface area contributed by atoms with Crippen molar-refractivity contribution in [3.05, 3.63) is 53.7 Å². The molecule has 1 N–H and O–H groups in total. The minimum Gasteiger partial charge on any atom is -0.539 e. The van der Waals surface area contributed by atoms with Crippen LogP contribution in [0.2, 0.25) is 0 Å². The van der Waals surface area contributed by atoms with Crippen LogP contribution < -0.4 is 9.79 Å². The van der Waals surface area contributed by atoms with Gasteiger partial charge in [0, 0.05) is 6.42 Å². The lowest BCUT2D eigenvalue weighted by atomic mass is 9.98. The van der Waals surface area contributed by atoms with Crippen LogP contribution in [-0.4, -0.2) is 16.5 Å². The summed E-state index contributed by atoms with van der Waals surface area (Å²) in [5, 5.41) is 28.7. The van der Waals surface area contributed by atoms with Crippen molar-refractivity contribution < 1.29 is 24.2 Å². The Kier molecular flexibility index (Phi) is 4.61. The highest BCUT2D eigenvalue weighted by molar-refractivity contribution is 5.83. The number of aromatic nitrogens is 2. The molecule has 0 radical (unpaired) electrons. The van der Waals surface area contributed by atoms with Crippen molar-refractivity contribution in [2.75, 3.05) is 0 Å². The van der Waals surface area contributed by atoms with Gasteiger partial charge in [0.15, 0.2) is 18.1 Å². The number of ether oxygens (including phenoxy) is 1. The van der Waals surface area contributed by atoms with E-state index in [4.69, 9.17) is 9.26 Å². The average Bonchev–Trinajstić information content (AvgIpc) is 2.98. The summed E-state index contributed by atoms with van der Waals surface area (Å²) in [6, 6.07) is 14.2. The first-order valence-corrected chi connectivity index (χ1v) is 9.36. The van der Waals surface area contributed by atoms with Crippen LogP contribution >= 0.6 is 0 Å². The van der Waals surface area contributed by atoms with Crippen LogP contribution in [0.3, 0.4) is 0 Å². The highest BCUT2D eigenvalue weighted by Crippen LogP contribution is 2.33. The molecule has 2 aromatic carbocycles. The summed E-state index contributed by atoms with van der Waals surface area (Å²) in [7, 11) is 0. The Hall–Kier alpha value is -2.44. The normalized spacial score (nSPS) is 20.2. The van der Waals surface area contributed by atoms with Gasteiger partial charge in [-0.2, -0.15) is 0 Å². The van der Waals surface area contributed by atoms with E-state index in [1.54, 1.807) is 4.68 Å². The monoisotopic (exact) mass is 368 g/mol. The molecule has 0 saturated carbocycles. The highest BCUT2D eigenvalue weighted by atomic mass is 16.6.